The van der Waals surface area contributed by atoms with E-state index in [1.165, 1.54) is 6.08 Å². The van der Waals surface area contributed by atoms with Gasteiger partial charge in [-0.3, -0.25) is 4.79 Å². The molecule has 0 saturated carbocycles. The number of carbonyl (C=O) groups excluding carboxylic acids is 1. The third kappa shape index (κ3) is 4.32. The van der Waals surface area contributed by atoms with Crippen LogP contribution in [-0.4, -0.2) is 20.0 Å². The van der Waals surface area contributed by atoms with Gasteiger partial charge >= 0.3 is 0 Å². The Morgan fingerprint density at radius 1 is 1.21 bits per heavy atom. The van der Waals surface area contributed by atoms with Crippen LogP contribution in [0.1, 0.15) is 20.8 Å². The monoisotopic (exact) mass is 263 g/mol. The maximum absolute atomic E-state index is 11.7. The molecule has 0 spiro atoms. The normalized spacial score (nSPS) is 11.4. The topological polar surface area (TPSA) is 47.6 Å². The smallest absolute Gasteiger partial charge is 0.162 e. The zero-order valence-electron chi connectivity index (χ0n) is 12.1. The van der Waals surface area contributed by atoms with E-state index < -0.39 is 0 Å². The molecule has 0 amide bonds. The Hall–Kier alpha value is -1.97. The standard InChI is InChI=1S/C15H21NO3/c1-15(2,3)14(17)8-9-16-12-10-11(18-4)6-7-13(12)19-5/h6-10,16H,1-5H3. The van der Waals surface area contributed by atoms with Crippen LogP contribution >= 0.6 is 0 Å². The highest BCUT2D eigenvalue weighted by molar-refractivity contribution is 5.94. The van der Waals surface area contributed by atoms with Crippen molar-refractivity contribution in [2.24, 2.45) is 5.41 Å². The van der Waals surface area contributed by atoms with Gasteiger partial charge in [-0.05, 0) is 18.2 Å². The number of anilines is 1. The number of rotatable bonds is 5. The lowest BCUT2D eigenvalue weighted by Crippen LogP contribution is -2.17. The van der Waals surface area contributed by atoms with E-state index in [1.54, 1.807) is 26.5 Å². The molecular formula is C15H21NO3. The van der Waals surface area contributed by atoms with Crippen LogP contribution in [0.5, 0.6) is 11.5 Å². The lowest BCUT2D eigenvalue weighted by atomic mass is 9.91. The van der Waals surface area contributed by atoms with Gasteiger partial charge in [0.1, 0.15) is 11.5 Å². The van der Waals surface area contributed by atoms with Gasteiger partial charge in [-0.2, -0.15) is 0 Å². The number of allylic oxidation sites excluding steroid dienone is 1. The van der Waals surface area contributed by atoms with E-state index in [9.17, 15) is 4.79 Å². The molecule has 0 radical (unpaired) electrons. The van der Waals surface area contributed by atoms with Crippen molar-refractivity contribution in [3.8, 4) is 11.5 Å². The van der Waals surface area contributed by atoms with E-state index in [0.717, 1.165) is 11.4 Å². The Balaban J connectivity index is 2.82. The molecule has 0 saturated heterocycles. The minimum Gasteiger partial charge on any atom is -0.497 e. The highest BCUT2D eigenvalue weighted by atomic mass is 16.5. The van der Waals surface area contributed by atoms with Crippen molar-refractivity contribution in [3.05, 3.63) is 30.5 Å². The van der Waals surface area contributed by atoms with Crippen molar-refractivity contribution >= 4 is 11.5 Å². The summed E-state index contributed by atoms with van der Waals surface area (Å²) in [7, 11) is 3.20. The fraction of sp³-hybridized carbons (Fsp3) is 0.400. The zero-order chi connectivity index (χ0) is 14.5. The summed E-state index contributed by atoms with van der Waals surface area (Å²) >= 11 is 0. The first-order valence-corrected chi connectivity index (χ1v) is 6.08. The number of ether oxygens (including phenoxy) is 2. The minimum absolute atomic E-state index is 0.0573. The predicted molar refractivity (Wildman–Crippen MR) is 76.8 cm³/mol. The second-order valence-corrected chi connectivity index (χ2v) is 5.16. The second-order valence-electron chi connectivity index (χ2n) is 5.16. The summed E-state index contributed by atoms with van der Waals surface area (Å²) in [5, 5.41) is 3.04. The maximum Gasteiger partial charge on any atom is 0.162 e. The van der Waals surface area contributed by atoms with Crippen molar-refractivity contribution in [1.29, 1.82) is 0 Å². The first kappa shape index (κ1) is 15.1. The lowest BCUT2D eigenvalue weighted by Gasteiger charge is -2.13. The minimum atomic E-state index is -0.378. The zero-order valence-corrected chi connectivity index (χ0v) is 12.1. The molecule has 0 aliphatic carbocycles. The highest BCUT2D eigenvalue weighted by Gasteiger charge is 2.17. The van der Waals surface area contributed by atoms with E-state index >= 15 is 0 Å². The summed E-state index contributed by atoms with van der Waals surface area (Å²) in [6.07, 6.45) is 3.14. The van der Waals surface area contributed by atoms with E-state index in [1.807, 2.05) is 32.9 Å². The fourth-order valence-electron chi connectivity index (χ4n) is 1.38. The third-order valence-electron chi connectivity index (χ3n) is 2.62. The second kappa shape index (κ2) is 6.27. The number of hydrogen-bond acceptors (Lipinski definition) is 4. The number of ketones is 1. The van der Waals surface area contributed by atoms with Crippen molar-refractivity contribution in [2.75, 3.05) is 19.5 Å². The van der Waals surface area contributed by atoms with Crippen molar-refractivity contribution in [3.63, 3.8) is 0 Å². The molecular weight excluding hydrogens is 242 g/mol. The quantitative estimate of drug-likeness (QED) is 0.828. The largest absolute Gasteiger partial charge is 0.497 e. The molecule has 1 aromatic rings. The SMILES string of the molecule is COc1ccc(OC)c(NC=CC(=O)C(C)(C)C)c1. The summed E-state index contributed by atoms with van der Waals surface area (Å²) in [5.41, 5.74) is 0.371. The summed E-state index contributed by atoms with van der Waals surface area (Å²) in [4.78, 5) is 11.7. The van der Waals surface area contributed by atoms with Crippen LogP contribution in [0.2, 0.25) is 0 Å². The number of nitrogens with one attached hydrogen (secondary N) is 1. The van der Waals surface area contributed by atoms with Gasteiger partial charge < -0.3 is 14.8 Å². The Kier molecular flexibility index (Phi) is 4.98. The molecule has 0 heterocycles. The Bertz CT molecular complexity index is 473. The van der Waals surface area contributed by atoms with Gasteiger partial charge in [-0.25, -0.2) is 0 Å². The lowest BCUT2D eigenvalue weighted by molar-refractivity contribution is -0.121. The van der Waals surface area contributed by atoms with E-state index in [-0.39, 0.29) is 11.2 Å². The third-order valence-corrected chi connectivity index (χ3v) is 2.62. The van der Waals surface area contributed by atoms with Gasteiger partial charge in [0, 0.05) is 17.7 Å². The fourth-order valence-corrected chi connectivity index (χ4v) is 1.38. The Morgan fingerprint density at radius 3 is 2.42 bits per heavy atom. The van der Waals surface area contributed by atoms with Crippen LogP contribution in [0.25, 0.3) is 0 Å². The maximum atomic E-state index is 11.7. The molecule has 0 aliphatic heterocycles. The van der Waals surface area contributed by atoms with Gasteiger partial charge in [0.05, 0.1) is 19.9 Å². The van der Waals surface area contributed by atoms with Gasteiger partial charge in [-0.1, -0.05) is 20.8 Å². The number of methoxy groups -OCH3 is 2. The number of carbonyl (C=O) groups is 1. The van der Waals surface area contributed by atoms with Gasteiger partial charge in [0.2, 0.25) is 0 Å². The molecule has 1 aromatic carbocycles. The van der Waals surface area contributed by atoms with E-state index in [2.05, 4.69) is 5.32 Å². The average molecular weight is 263 g/mol. The van der Waals surface area contributed by atoms with Crippen LogP contribution in [0.15, 0.2) is 30.5 Å². The summed E-state index contributed by atoms with van der Waals surface area (Å²) in [5.74, 6) is 1.47. The molecule has 0 bridgehead atoms. The summed E-state index contributed by atoms with van der Waals surface area (Å²) in [6.45, 7) is 5.64. The van der Waals surface area contributed by atoms with Crippen LogP contribution in [-0.2, 0) is 4.79 Å². The number of hydrogen-bond donors (Lipinski definition) is 1. The highest BCUT2D eigenvalue weighted by Crippen LogP contribution is 2.28. The molecule has 0 aliphatic rings. The molecule has 0 atom stereocenters. The molecule has 4 nitrogen and oxygen atoms in total. The molecule has 0 unspecified atom stereocenters. The van der Waals surface area contributed by atoms with Gasteiger partial charge in [0.15, 0.2) is 5.78 Å². The average Bonchev–Trinajstić information content (AvgIpc) is 2.37. The van der Waals surface area contributed by atoms with E-state index in [0.29, 0.717) is 5.75 Å². The summed E-state index contributed by atoms with van der Waals surface area (Å²) in [6, 6.07) is 5.43. The molecule has 1 N–H and O–H groups in total. The molecule has 4 heteroatoms. The van der Waals surface area contributed by atoms with Crippen molar-refractivity contribution in [2.45, 2.75) is 20.8 Å². The molecule has 104 valence electrons. The van der Waals surface area contributed by atoms with Crippen LogP contribution in [0.4, 0.5) is 5.69 Å². The Morgan fingerprint density at radius 2 is 1.89 bits per heavy atom. The van der Waals surface area contributed by atoms with Gasteiger partial charge in [0.25, 0.3) is 0 Å². The van der Waals surface area contributed by atoms with Crippen LogP contribution < -0.4 is 14.8 Å². The molecule has 1 rings (SSSR count). The predicted octanol–water partition coefficient (Wildman–Crippen LogP) is 3.24. The first-order chi connectivity index (χ1) is 8.88. The van der Waals surface area contributed by atoms with Crippen molar-refractivity contribution < 1.29 is 14.3 Å². The molecule has 0 aromatic heterocycles. The number of benzene rings is 1. The van der Waals surface area contributed by atoms with Crippen molar-refractivity contribution in [1.82, 2.24) is 0 Å². The molecule has 19 heavy (non-hydrogen) atoms. The van der Waals surface area contributed by atoms with Crippen LogP contribution in [0.3, 0.4) is 0 Å². The summed E-state index contributed by atoms with van der Waals surface area (Å²) < 4.78 is 10.4. The van der Waals surface area contributed by atoms with Gasteiger partial charge in [-0.15, -0.1) is 0 Å². The Labute approximate surface area is 114 Å². The first-order valence-electron chi connectivity index (χ1n) is 6.08. The van der Waals surface area contributed by atoms with Crippen LogP contribution in [0, 0.1) is 5.41 Å². The molecule has 0 fully saturated rings. The van der Waals surface area contributed by atoms with E-state index in [4.69, 9.17) is 9.47 Å².